The van der Waals surface area contributed by atoms with E-state index in [1.54, 1.807) is 17.7 Å². The average molecular weight is 273 g/mol. The van der Waals surface area contributed by atoms with E-state index in [0.717, 1.165) is 0 Å². The van der Waals surface area contributed by atoms with E-state index >= 15 is 0 Å². The number of nitrogens with zero attached hydrogens (tertiary/aromatic N) is 1. The molecule has 5 nitrogen and oxygen atoms in total. The van der Waals surface area contributed by atoms with Crippen molar-refractivity contribution in [3.63, 3.8) is 0 Å². The lowest BCUT2D eigenvalue weighted by Gasteiger charge is -2.15. The number of carbonyl (C=O) groups excluding carboxylic acids is 1. The van der Waals surface area contributed by atoms with Gasteiger partial charge in [-0.1, -0.05) is 18.5 Å². The summed E-state index contributed by atoms with van der Waals surface area (Å²) in [6, 6.07) is 0.723. The van der Waals surface area contributed by atoms with E-state index in [0.29, 0.717) is 17.1 Å². The first-order valence-corrected chi connectivity index (χ1v) is 6.15. The van der Waals surface area contributed by atoms with Crippen molar-refractivity contribution in [2.75, 3.05) is 0 Å². The Labute approximate surface area is 111 Å². The standard InChI is InChI=1S/C12H17ClN2O3/c1-4-9(12(17)18)14-11(16)10-5-8(13)6-15(10)7(2)3/h5-7,9H,4H2,1-3H3,(H,14,16)(H,17,18)/t9-/m0/s1. The minimum absolute atomic E-state index is 0.0724. The van der Waals surface area contributed by atoms with Crippen LogP contribution in [0.5, 0.6) is 0 Å². The summed E-state index contributed by atoms with van der Waals surface area (Å²) in [6.45, 7) is 5.54. The van der Waals surface area contributed by atoms with Gasteiger partial charge in [-0.3, -0.25) is 4.79 Å². The number of carboxylic acid groups (broad SMARTS) is 1. The molecule has 0 aliphatic heterocycles. The Morgan fingerprint density at radius 2 is 2.11 bits per heavy atom. The van der Waals surface area contributed by atoms with Gasteiger partial charge in [0, 0.05) is 12.2 Å². The molecule has 0 aliphatic carbocycles. The summed E-state index contributed by atoms with van der Waals surface area (Å²) in [4.78, 5) is 22.9. The van der Waals surface area contributed by atoms with Crippen LogP contribution in [-0.4, -0.2) is 27.6 Å². The number of halogens is 1. The van der Waals surface area contributed by atoms with Crippen LogP contribution < -0.4 is 5.32 Å². The third kappa shape index (κ3) is 3.26. The van der Waals surface area contributed by atoms with Crippen LogP contribution in [0, 0.1) is 0 Å². The van der Waals surface area contributed by atoms with Crippen LogP contribution in [0.25, 0.3) is 0 Å². The van der Waals surface area contributed by atoms with E-state index in [1.165, 1.54) is 6.07 Å². The number of amides is 1. The Bertz CT molecular complexity index is 454. The number of hydrogen-bond donors (Lipinski definition) is 2. The van der Waals surface area contributed by atoms with Crippen LogP contribution in [0.4, 0.5) is 0 Å². The first kappa shape index (κ1) is 14.6. The van der Waals surface area contributed by atoms with E-state index < -0.39 is 17.9 Å². The largest absolute Gasteiger partial charge is 0.480 e. The average Bonchev–Trinajstić information content (AvgIpc) is 2.67. The summed E-state index contributed by atoms with van der Waals surface area (Å²) in [5.74, 6) is -1.47. The third-order valence-corrected chi connectivity index (χ3v) is 2.82. The second kappa shape index (κ2) is 5.91. The van der Waals surface area contributed by atoms with Crippen molar-refractivity contribution in [3.8, 4) is 0 Å². The predicted molar refractivity (Wildman–Crippen MR) is 69.0 cm³/mol. The van der Waals surface area contributed by atoms with Crippen molar-refractivity contribution in [1.29, 1.82) is 0 Å². The highest BCUT2D eigenvalue weighted by Crippen LogP contribution is 2.18. The van der Waals surface area contributed by atoms with Gasteiger partial charge in [0.25, 0.3) is 5.91 Å². The Kier molecular flexibility index (Phi) is 4.78. The molecule has 1 amide bonds. The van der Waals surface area contributed by atoms with Crippen LogP contribution in [0.15, 0.2) is 12.3 Å². The van der Waals surface area contributed by atoms with Crippen molar-refractivity contribution >= 4 is 23.5 Å². The van der Waals surface area contributed by atoms with Gasteiger partial charge < -0.3 is 15.0 Å². The van der Waals surface area contributed by atoms with Gasteiger partial charge in [0.1, 0.15) is 11.7 Å². The van der Waals surface area contributed by atoms with E-state index in [1.807, 2.05) is 13.8 Å². The fraction of sp³-hybridized carbons (Fsp3) is 0.500. The van der Waals surface area contributed by atoms with Gasteiger partial charge in [-0.15, -0.1) is 0 Å². The lowest BCUT2D eigenvalue weighted by molar-refractivity contribution is -0.139. The zero-order chi connectivity index (χ0) is 13.9. The van der Waals surface area contributed by atoms with E-state index in [4.69, 9.17) is 16.7 Å². The maximum Gasteiger partial charge on any atom is 0.326 e. The normalized spacial score (nSPS) is 12.5. The summed E-state index contributed by atoms with van der Waals surface area (Å²) >= 11 is 5.87. The lowest BCUT2D eigenvalue weighted by atomic mass is 10.2. The molecule has 0 bridgehead atoms. The maximum absolute atomic E-state index is 12.0. The fourth-order valence-electron chi connectivity index (χ4n) is 1.63. The highest BCUT2D eigenvalue weighted by molar-refractivity contribution is 6.31. The van der Waals surface area contributed by atoms with Crippen LogP contribution in [0.1, 0.15) is 43.7 Å². The first-order valence-electron chi connectivity index (χ1n) is 5.77. The number of aliphatic carboxylic acids is 1. The van der Waals surface area contributed by atoms with Gasteiger partial charge in [0.15, 0.2) is 0 Å². The van der Waals surface area contributed by atoms with Crippen LogP contribution >= 0.6 is 11.6 Å². The number of carbonyl (C=O) groups is 2. The second-order valence-electron chi connectivity index (χ2n) is 4.32. The SMILES string of the molecule is CC[C@H](NC(=O)c1cc(Cl)cn1C(C)C)C(=O)O. The molecule has 0 radical (unpaired) electrons. The molecule has 0 unspecified atom stereocenters. The maximum atomic E-state index is 12.0. The van der Waals surface area contributed by atoms with Crippen molar-refractivity contribution in [3.05, 3.63) is 23.0 Å². The predicted octanol–water partition coefficient (Wildman–Crippen LogP) is 2.32. The zero-order valence-corrected chi connectivity index (χ0v) is 11.4. The zero-order valence-electron chi connectivity index (χ0n) is 10.6. The number of nitrogens with one attached hydrogen (secondary N) is 1. The molecular formula is C12H17ClN2O3. The van der Waals surface area contributed by atoms with Crippen molar-refractivity contribution < 1.29 is 14.7 Å². The van der Waals surface area contributed by atoms with E-state index in [2.05, 4.69) is 5.32 Å². The Hall–Kier alpha value is -1.49. The Morgan fingerprint density at radius 3 is 2.56 bits per heavy atom. The fourth-order valence-corrected chi connectivity index (χ4v) is 1.83. The van der Waals surface area contributed by atoms with Gasteiger partial charge >= 0.3 is 5.97 Å². The minimum atomic E-state index is -1.04. The quantitative estimate of drug-likeness (QED) is 0.864. The van der Waals surface area contributed by atoms with Crippen LogP contribution in [0.2, 0.25) is 5.02 Å². The molecule has 0 aliphatic rings. The first-order chi connectivity index (χ1) is 8.36. The Morgan fingerprint density at radius 1 is 1.50 bits per heavy atom. The van der Waals surface area contributed by atoms with Gasteiger partial charge in [0.05, 0.1) is 5.02 Å². The van der Waals surface area contributed by atoms with Gasteiger partial charge in [0.2, 0.25) is 0 Å². The molecule has 0 saturated carbocycles. The molecule has 1 rings (SSSR count). The number of hydrogen-bond acceptors (Lipinski definition) is 2. The van der Waals surface area contributed by atoms with E-state index in [-0.39, 0.29) is 6.04 Å². The van der Waals surface area contributed by atoms with Gasteiger partial charge in [-0.2, -0.15) is 0 Å². The molecule has 0 spiro atoms. The topological polar surface area (TPSA) is 71.3 Å². The highest BCUT2D eigenvalue weighted by Gasteiger charge is 2.21. The second-order valence-corrected chi connectivity index (χ2v) is 4.75. The summed E-state index contributed by atoms with van der Waals surface area (Å²) in [7, 11) is 0. The van der Waals surface area contributed by atoms with E-state index in [9.17, 15) is 9.59 Å². The third-order valence-electron chi connectivity index (χ3n) is 2.62. The molecule has 1 aromatic rings. The smallest absolute Gasteiger partial charge is 0.326 e. The molecule has 100 valence electrons. The van der Waals surface area contributed by atoms with Crippen molar-refractivity contribution in [2.24, 2.45) is 0 Å². The summed E-state index contributed by atoms with van der Waals surface area (Å²) in [5, 5.41) is 11.8. The van der Waals surface area contributed by atoms with Gasteiger partial charge in [-0.05, 0) is 26.3 Å². The Balaban J connectivity index is 2.93. The highest BCUT2D eigenvalue weighted by atomic mass is 35.5. The van der Waals surface area contributed by atoms with Crippen molar-refractivity contribution in [2.45, 2.75) is 39.3 Å². The summed E-state index contributed by atoms with van der Waals surface area (Å²) in [6.07, 6.45) is 1.99. The van der Waals surface area contributed by atoms with Crippen molar-refractivity contribution in [1.82, 2.24) is 9.88 Å². The number of rotatable bonds is 5. The summed E-state index contributed by atoms with van der Waals surface area (Å²) in [5.41, 5.74) is 0.370. The van der Waals surface area contributed by atoms with Crippen LogP contribution in [0.3, 0.4) is 0 Å². The molecule has 0 aromatic carbocycles. The number of carboxylic acids is 1. The molecule has 1 aromatic heterocycles. The van der Waals surface area contributed by atoms with Crippen LogP contribution in [-0.2, 0) is 4.79 Å². The molecule has 1 atom stereocenters. The lowest BCUT2D eigenvalue weighted by Crippen LogP contribution is -2.41. The molecule has 2 N–H and O–H groups in total. The molecule has 1 heterocycles. The molecule has 6 heteroatoms. The minimum Gasteiger partial charge on any atom is -0.480 e. The monoisotopic (exact) mass is 272 g/mol. The molecule has 18 heavy (non-hydrogen) atoms. The number of aromatic nitrogens is 1. The molecule has 0 fully saturated rings. The molecule has 0 saturated heterocycles. The summed E-state index contributed by atoms with van der Waals surface area (Å²) < 4.78 is 1.71. The van der Waals surface area contributed by atoms with Gasteiger partial charge in [-0.25, -0.2) is 4.79 Å². The molecular weight excluding hydrogens is 256 g/mol.